The van der Waals surface area contributed by atoms with E-state index in [0.717, 1.165) is 5.56 Å². The first-order valence-electron chi connectivity index (χ1n) is 12.8. The number of fused-ring (bicyclic) bond motifs is 6. The van der Waals surface area contributed by atoms with E-state index in [9.17, 15) is 24.5 Å². The van der Waals surface area contributed by atoms with E-state index in [0.29, 0.717) is 16.9 Å². The summed E-state index contributed by atoms with van der Waals surface area (Å²) in [6.07, 6.45) is 5.14. The van der Waals surface area contributed by atoms with Crippen LogP contribution in [0.1, 0.15) is 32.0 Å². The summed E-state index contributed by atoms with van der Waals surface area (Å²) in [6.45, 7) is 0. The molecule has 1 amide bonds. The maximum atomic E-state index is 14.5. The van der Waals surface area contributed by atoms with Gasteiger partial charge in [-0.25, -0.2) is 0 Å². The predicted octanol–water partition coefficient (Wildman–Crippen LogP) is 5.04. The Kier molecular flexibility index (Phi) is 5.11. The summed E-state index contributed by atoms with van der Waals surface area (Å²) in [6, 6.07) is 21.3. The summed E-state index contributed by atoms with van der Waals surface area (Å²) in [5.41, 5.74) is 1.04. The van der Waals surface area contributed by atoms with Gasteiger partial charge in [-0.2, -0.15) is 0 Å². The van der Waals surface area contributed by atoms with Crippen LogP contribution in [-0.2, 0) is 10.2 Å². The van der Waals surface area contributed by atoms with E-state index in [1.165, 1.54) is 36.6 Å². The first-order chi connectivity index (χ1) is 19.4. The molecule has 9 nitrogen and oxygen atoms in total. The number of benzene rings is 3. The SMILES string of the molecule is O=C(c1cccc([N+](=O)[O-])c1)C1C(C(=O)c2ccco2)C2(C(=O)Nc3ccccc32)C2C=Cc3ccccc3N12. The molecule has 196 valence electrons. The summed E-state index contributed by atoms with van der Waals surface area (Å²) in [5.74, 6) is -2.59. The van der Waals surface area contributed by atoms with E-state index in [4.69, 9.17) is 4.42 Å². The van der Waals surface area contributed by atoms with Crippen LogP contribution in [-0.4, -0.2) is 34.5 Å². The van der Waals surface area contributed by atoms with E-state index >= 15 is 0 Å². The third kappa shape index (κ3) is 3.11. The second-order valence-electron chi connectivity index (χ2n) is 10.1. The average Bonchev–Trinajstić information content (AvgIpc) is 3.69. The molecule has 4 unspecified atom stereocenters. The van der Waals surface area contributed by atoms with Crippen LogP contribution in [0.2, 0.25) is 0 Å². The molecule has 4 aromatic rings. The Morgan fingerprint density at radius 2 is 1.75 bits per heavy atom. The molecule has 3 aliphatic rings. The minimum absolute atomic E-state index is 0.0236. The third-order valence-electron chi connectivity index (χ3n) is 8.20. The molecule has 3 aromatic carbocycles. The van der Waals surface area contributed by atoms with Gasteiger partial charge in [0.15, 0.2) is 11.5 Å². The van der Waals surface area contributed by atoms with Gasteiger partial charge in [0.1, 0.15) is 11.5 Å². The summed E-state index contributed by atoms with van der Waals surface area (Å²) in [4.78, 5) is 56.0. The molecule has 4 heterocycles. The van der Waals surface area contributed by atoms with Gasteiger partial charge in [0.2, 0.25) is 11.7 Å². The fourth-order valence-corrected chi connectivity index (χ4v) is 6.64. The molecule has 1 fully saturated rings. The Labute approximate surface area is 227 Å². The highest BCUT2D eigenvalue weighted by Gasteiger charge is 2.70. The number of non-ortho nitro benzene ring substituents is 1. The highest BCUT2D eigenvalue weighted by atomic mass is 16.6. The van der Waals surface area contributed by atoms with Crippen LogP contribution in [0.25, 0.3) is 6.08 Å². The first-order valence-corrected chi connectivity index (χ1v) is 12.8. The van der Waals surface area contributed by atoms with Crippen molar-refractivity contribution in [3.8, 4) is 0 Å². The molecule has 4 atom stereocenters. The van der Waals surface area contributed by atoms with E-state index in [-0.39, 0.29) is 17.0 Å². The number of rotatable bonds is 5. The van der Waals surface area contributed by atoms with Crippen molar-refractivity contribution in [1.82, 2.24) is 0 Å². The van der Waals surface area contributed by atoms with Crippen LogP contribution in [0.5, 0.6) is 0 Å². The van der Waals surface area contributed by atoms with Gasteiger partial charge >= 0.3 is 0 Å². The predicted molar refractivity (Wildman–Crippen MR) is 146 cm³/mol. The number of carbonyl (C=O) groups excluding carboxylic acids is 3. The minimum Gasteiger partial charge on any atom is -0.461 e. The molecule has 0 bridgehead atoms. The number of nitro benzene ring substituents is 1. The van der Waals surface area contributed by atoms with Crippen molar-refractivity contribution in [2.24, 2.45) is 5.92 Å². The topological polar surface area (TPSA) is 123 Å². The van der Waals surface area contributed by atoms with Crippen LogP contribution in [0, 0.1) is 16.0 Å². The number of hydrogen-bond donors (Lipinski definition) is 1. The number of nitrogens with zero attached hydrogens (tertiary/aromatic N) is 2. The van der Waals surface area contributed by atoms with Gasteiger partial charge in [-0.05, 0) is 35.4 Å². The lowest BCUT2D eigenvalue weighted by atomic mass is 9.64. The number of nitro groups is 1. The van der Waals surface area contributed by atoms with Crippen LogP contribution in [0.15, 0.2) is 102 Å². The lowest BCUT2D eigenvalue weighted by molar-refractivity contribution is -0.384. The number of hydrogen-bond acceptors (Lipinski definition) is 7. The molecule has 7 rings (SSSR count). The Bertz CT molecular complexity index is 1760. The number of ketones is 2. The lowest BCUT2D eigenvalue weighted by Crippen LogP contribution is -2.51. The van der Waals surface area contributed by atoms with E-state index < -0.39 is 45.8 Å². The van der Waals surface area contributed by atoms with Crippen LogP contribution >= 0.6 is 0 Å². The van der Waals surface area contributed by atoms with Gasteiger partial charge in [0.25, 0.3) is 5.69 Å². The van der Waals surface area contributed by atoms with Crippen LogP contribution in [0.4, 0.5) is 17.1 Å². The molecule has 1 N–H and O–H groups in total. The molecule has 9 heteroatoms. The number of amides is 1. The van der Waals surface area contributed by atoms with Gasteiger partial charge in [-0.15, -0.1) is 0 Å². The van der Waals surface area contributed by atoms with E-state index in [2.05, 4.69) is 5.32 Å². The molecule has 0 saturated carbocycles. The fourth-order valence-electron chi connectivity index (χ4n) is 6.64. The van der Waals surface area contributed by atoms with Gasteiger partial charge in [-0.3, -0.25) is 24.5 Å². The Morgan fingerprint density at radius 1 is 0.950 bits per heavy atom. The number of Topliss-reactive ketones (excluding diaryl/α,β-unsaturated/α-hetero) is 2. The number of para-hydroxylation sites is 2. The second kappa shape index (κ2) is 8.60. The second-order valence-corrected chi connectivity index (χ2v) is 10.1. The zero-order valence-corrected chi connectivity index (χ0v) is 20.9. The molecule has 0 aliphatic carbocycles. The van der Waals surface area contributed by atoms with Crippen molar-refractivity contribution in [2.75, 3.05) is 10.2 Å². The summed E-state index contributed by atoms with van der Waals surface area (Å²) in [5, 5.41) is 14.5. The van der Waals surface area contributed by atoms with Crippen LogP contribution in [0.3, 0.4) is 0 Å². The van der Waals surface area contributed by atoms with Crippen molar-refractivity contribution in [2.45, 2.75) is 17.5 Å². The van der Waals surface area contributed by atoms with Gasteiger partial charge < -0.3 is 14.6 Å². The van der Waals surface area contributed by atoms with Gasteiger partial charge in [0, 0.05) is 29.1 Å². The smallest absolute Gasteiger partial charge is 0.270 e. The molecular formula is C31H21N3O6. The minimum atomic E-state index is -1.48. The molecule has 0 radical (unpaired) electrons. The van der Waals surface area contributed by atoms with Crippen molar-refractivity contribution in [1.29, 1.82) is 0 Å². The highest BCUT2D eigenvalue weighted by Crippen LogP contribution is 2.58. The Hall–Kier alpha value is -5.31. The maximum absolute atomic E-state index is 14.5. The van der Waals surface area contributed by atoms with Crippen LogP contribution < -0.4 is 10.2 Å². The summed E-state index contributed by atoms with van der Waals surface area (Å²) >= 11 is 0. The lowest BCUT2D eigenvalue weighted by Gasteiger charge is -2.37. The fraction of sp³-hybridized carbons (Fsp3) is 0.129. The monoisotopic (exact) mass is 531 g/mol. The van der Waals surface area contributed by atoms with Crippen molar-refractivity contribution >= 4 is 40.6 Å². The molecule has 3 aliphatic heterocycles. The highest BCUT2D eigenvalue weighted by molar-refractivity contribution is 6.18. The normalized spacial score (nSPS) is 23.9. The standard InChI is InChI=1S/C31H21N3O6/c35-28(19-8-5-9-20(17-19)34(38)39)27-26(29(36)24-13-6-16-40-24)31(21-10-2-3-11-22(21)32-30(31)37)25-15-14-18-7-1-4-12-23(18)33(25)27/h1-17,25-27H,(H,32,37). The average molecular weight is 532 g/mol. The maximum Gasteiger partial charge on any atom is 0.270 e. The number of anilines is 2. The number of furan rings is 1. The summed E-state index contributed by atoms with van der Waals surface area (Å²) in [7, 11) is 0. The first kappa shape index (κ1) is 23.8. The zero-order valence-electron chi connectivity index (χ0n) is 20.9. The largest absolute Gasteiger partial charge is 0.461 e. The van der Waals surface area contributed by atoms with Crippen molar-refractivity contribution in [3.05, 3.63) is 130 Å². The number of carbonyl (C=O) groups is 3. The third-order valence-corrected chi connectivity index (χ3v) is 8.20. The van der Waals surface area contributed by atoms with Crippen molar-refractivity contribution in [3.63, 3.8) is 0 Å². The number of nitrogens with one attached hydrogen (secondary N) is 1. The van der Waals surface area contributed by atoms with Gasteiger partial charge in [0.05, 0.1) is 23.1 Å². The zero-order chi connectivity index (χ0) is 27.6. The Morgan fingerprint density at radius 3 is 2.55 bits per heavy atom. The molecule has 40 heavy (non-hydrogen) atoms. The van der Waals surface area contributed by atoms with Gasteiger partial charge in [-0.1, -0.05) is 60.7 Å². The van der Waals surface area contributed by atoms with E-state index in [1.807, 2.05) is 47.4 Å². The molecule has 1 aromatic heterocycles. The Balaban J connectivity index is 1.53. The molecule has 1 spiro atoms. The molecule has 1 saturated heterocycles. The van der Waals surface area contributed by atoms with E-state index in [1.54, 1.807) is 24.3 Å². The quantitative estimate of drug-likeness (QED) is 0.217. The summed E-state index contributed by atoms with van der Waals surface area (Å²) < 4.78 is 5.52. The van der Waals surface area contributed by atoms with Crippen molar-refractivity contribution < 1.29 is 23.7 Å². The molecular weight excluding hydrogens is 510 g/mol.